The van der Waals surface area contributed by atoms with Crippen LogP contribution in [0.15, 0.2) is 77.6 Å². The van der Waals surface area contributed by atoms with Gasteiger partial charge in [0.25, 0.3) is 11.8 Å². The highest BCUT2D eigenvalue weighted by Crippen LogP contribution is 2.29. The Bertz CT molecular complexity index is 1110. The van der Waals surface area contributed by atoms with Crippen LogP contribution in [0, 0.1) is 0 Å². The molecule has 0 radical (unpaired) electrons. The summed E-state index contributed by atoms with van der Waals surface area (Å²) in [6, 6.07) is 17.7. The fourth-order valence-corrected chi connectivity index (χ4v) is 2.64. The van der Waals surface area contributed by atoms with E-state index in [4.69, 9.17) is 4.52 Å². The minimum atomic E-state index is -0.451. The van der Waals surface area contributed by atoms with Crippen molar-refractivity contribution in [2.45, 2.75) is 0 Å². The van der Waals surface area contributed by atoms with E-state index in [0.29, 0.717) is 27.8 Å². The van der Waals surface area contributed by atoms with E-state index in [9.17, 15) is 9.59 Å². The van der Waals surface area contributed by atoms with E-state index in [0.717, 1.165) is 5.56 Å². The lowest BCUT2D eigenvalue weighted by Crippen LogP contribution is -2.41. The van der Waals surface area contributed by atoms with Crippen LogP contribution in [0.1, 0.15) is 20.7 Å². The molecule has 0 bridgehead atoms. The van der Waals surface area contributed by atoms with Gasteiger partial charge in [0.15, 0.2) is 5.76 Å². The van der Waals surface area contributed by atoms with Gasteiger partial charge < -0.3 is 4.52 Å². The Labute approximate surface area is 154 Å². The third kappa shape index (κ3) is 3.38. The Balaban J connectivity index is 1.55. The summed E-state index contributed by atoms with van der Waals surface area (Å²) >= 11 is 0. The summed E-state index contributed by atoms with van der Waals surface area (Å²) in [7, 11) is 0. The van der Waals surface area contributed by atoms with Gasteiger partial charge in [-0.2, -0.15) is 0 Å². The molecule has 0 spiro atoms. The Morgan fingerprint density at radius 2 is 1.63 bits per heavy atom. The number of nitrogens with one attached hydrogen (secondary N) is 2. The maximum atomic E-state index is 12.4. The fourth-order valence-electron chi connectivity index (χ4n) is 2.64. The van der Waals surface area contributed by atoms with Gasteiger partial charge in [-0.1, -0.05) is 35.5 Å². The van der Waals surface area contributed by atoms with Crippen LogP contribution >= 0.6 is 0 Å². The summed E-state index contributed by atoms with van der Waals surface area (Å²) in [4.78, 5) is 28.3. The molecular formula is C20H14N4O3. The molecule has 0 saturated heterocycles. The number of carbonyl (C=O) groups excluding carboxylic acids is 2. The van der Waals surface area contributed by atoms with Gasteiger partial charge in [-0.3, -0.25) is 25.4 Å². The average molecular weight is 358 g/mol. The maximum Gasteiger partial charge on any atom is 0.271 e. The number of benzene rings is 2. The van der Waals surface area contributed by atoms with Gasteiger partial charge in [-0.05, 0) is 30.3 Å². The molecule has 7 heteroatoms. The summed E-state index contributed by atoms with van der Waals surface area (Å²) in [5.41, 5.74) is 6.99. The fraction of sp³-hybridized carbons (Fsp3) is 0. The number of hydrazine groups is 1. The van der Waals surface area contributed by atoms with E-state index < -0.39 is 11.8 Å². The van der Waals surface area contributed by atoms with Gasteiger partial charge in [-0.15, -0.1) is 0 Å². The molecule has 0 atom stereocenters. The van der Waals surface area contributed by atoms with Crippen molar-refractivity contribution >= 4 is 22.7 Å². The molecule has 2 aromatic heterocycles. The largest absolute Gasteiger partial charge is 0.355 e. The second-order valence-corrected chi connectivity index (χ2v) is 5.76. The molecule has 7 nitrogen and oxygen atoms in total. The number of carbonyl (C=O) groups is 2. The normalized spacial score (nSPS) is 10.5. The molecular weight excluding hydrogens is 344 g/mol. The molecule has 2 aromatic carbocycles. The Hall–Kier alpha value is -4.00. The standard InChI is InChI=1S/C20H14N4O3/c25-19(22-23-20(26)15-7-4-10-21-12-15)14-8-9-17-16(11-14)18(27-24-17)13-5-2-1-3-6-13/h1-12H,(H,22,25)(H,23,26). The molecule has 27 heavy (non-hydrogen) atoms. The van der Waals surface area contributed by atoms with Gasteiger partial charge in [0, 0.05) is 23.5 Å². The van der Waals surface area contributed by atoms with Crippen molar-refractivity contribution in [2.24, 2.45) is 0 Å². The third-order valence-corrected chi connectivity index (χ3v) is 3.99. The molecule has 0 aliphatic heterocycles. The monoisotopic (exact) mass is 358 g/mol. The zero-order valence-corrected chi connectivity index (χ0v) is 14.0. The molecule has 0 saturated carbocycles. The summed E-state index contributed by atoms with van der Waals surface area (Å²) in [5, 5.41) is 4.74. The van der Waals surface area contributed by atoms with Crippen LogP contribution in [0.5, 0.6) is 0 Å². The first kappa shape index (κ1) is 16.5. The second kappa shape index (κ2) is 7.09. The van der Waals surface area contributed by atoms with Gasteiger partial charge in [-0.25, -0.2) is 0 Å². The van der Waals surface area contributed by atoms with E-state index in [1.165, 1.54) is 6.20 Å². The molecule has 4 rings (SSSR count). The number of nitrogens with zero attached hydrogens (tertiary/aromatic N) is 2. The number of hydrogen-bond donors (Lipinski definition) is 2. The molecule has 2 heterocycles. The van der Waals surface area contributed by atoms with E-state index in [1.54, 1.807) is 36.5 Å². The zero-order valence-electron chi connectivity index (χ0n) is 14.0. The zero-order chi connectivity index (χ0) is 18.6. The van der Waals surface area contributed by atoms with Crippen LogP contribution in [0.4, 0.5) is 0 Å². The smallest absolute Gasteiger partial charge is 0.271 e. The van der Waals surface area contributed by atoms with Crippen molar-refractivity contribution in [1.29, 1.82) is 0 Å². The van der Waals surface area contributed by atoms with Crippen molar-refractivity contribution in [3.05, 3.63) is 84.2 Å². The highest BCUT2D eigenvalue weighted by Gasteiger charge is 2.14. The number of aromatic nitrogens is 2. The first-order chi connectivity index (χ1) is 13.2. The van der Waals surface area contributed by atoms with Crippen molar-refractivity contribution < 1.29 is 14.1 Å². The van der Waals surface area contributed by atoms with Crippen molar-refractivity contribution in [3.8, 4) is 11.3 Å². The first-order valence-electron chi connectivity index (χ1n) is 8.18. The lowest BCUT2D eigenvalue weighted by molar-refractivity contribution is 0.0846. The Kier molecular flexibility index (Phi) is 4.32. The van der Waals surface area contributed by atoms with Crippen molar-refractivity contribution in [2.75, 3.05) is 0 Å². The van der Waals surface area contributed by atoms with Crippen LogP contribution in [-0.2, 0) is 0 Å². The summed E-state index contributed by atoms with van der Waals surface area (Å²) < 4.78 is 5.43. The first-order valence-corrected chi connectivity index (χ1v) is 8.18. The van der Waals surface area contributed by atoms with Gasteiger partial charge in [0.05, 0.1) is 10.9 Å². The predicted molar refractivity (Wildman–Crippen MR) is 98.6 cm³/mol. The van der Waals surface area contributed by atoms with E-state index in [-0.39, 0.29) is 0 Å². The molecule has 0 fully saturated rings. The van der Waals surface area contributed by atoms with Gasteiger partial charge in [0.1, 0.15) is 5.52 Å². The van der Waals surface area contributed by atoms with Crippen molar-refractivity contribution in [1.82, 2.24) is 21.0 Å². The highest BCUT2D eigenvalue weighted by atomic mass is 16.5. The van der Waals surface area contributed by atoms with Crippen molar-refractivity contribution in [3.63, 3.8) is 0 Å². The summed E-state index contributed by atoms with van der Waals surface area (Å²) in [6.45, 7) is 0. The third-order valence-electron chi connectivity index (χ3n) is 3.99. The molecule has 0 aliphatic carbocycles. The number of rotatable bonds is 3. The number of amides is 2. The molecule has 2 amide bonds. The molecule has 0 aliphatic rings. The predicted octanol–water partition coefficient (Wildman–Crippen LogP) is 2.96. The lowest BCUT2D eigenvalue weighted by Gasteiger charge is -2.07. The molecule has 2 N–H and O–H groups in total. The van der Waals surface area contributed by atoms with Crippen LogP contribution in [0.25, 0.3) is 22.2 Å². The molecule has 0 unspecified atom stereocenters. The molecule has 4 aromatic rings. The summed E-state index contributed by atoms with van der Waals surface area (Å²) in [5.74, 6) is -0.318. The van der Waals surface area contributed by atoms with Crippen LogP contribution in [-0.4, -0.2) is 22.0 Å². The van der Waals surface area contributed by atoms with E-state index >= 15 is 0 Å². The summed E-state index contributed by atoms with van der Waals surface area (Å²) in [6.07, 6.45) is 2.98. The maximum absolute atomic E-state index is 12.4. The average Bonchev–Trinajstić information content (AvgIpc) is 3.16. The number of fused-ring (bicyclic) bond motifs is 1. The number of hydrogen-bond acceptors (Lipinski definition) is 5. The second-order valence-electron chi connectivity index (χ2n) is 5.76. The van der Waals surface area contributed by atoms with Gasteiger partial charge in [0.2, 0.25) is 0 Å². The Morgan fingerprint density at radius 1 is 0.852 bits per heavy atom. The quantitative estimate of drug-likeness (QED) is 0.549. The van der Waals surface area contributed by atoms with Crippen LogP contribution < -0.4 is 10.9 Å². The van der Waals surface area contributed by atoms with Crippen LogP contribution in [0.3, 0.4) is 0 Å². The minimum Gasteiger partial charge on any atom is -0.355 e. The SMILES string of the molecule is O=C(NNC(=O)c1ccc2noc(-c3ccccc3)c2c1)c1cccnc1. The molecule has 132 valence electrons. The number of pyridine rings is 1. The van der Waals surface area contributed by atoms with E-state index in [2.05, 4.69) is 21.0 Å². The lowest BCUT2D eigenvalue weighted by atomic mass is 10.1. The minimum absolute atomic E-state index is 0.346. The Morgan fingerprint density at radius 3 is 2.37 bits per heavy atom. The topological polar surface area (TPSA) is 97.1 Å². The van der Waals surface area contributed by atoms with E-state index in [1.807, 2.05) is 30.3 Å². The van der Waals surface area contributed by atoms with Crippen LogP contribution in [0.2, 0.25) is 0 Å². The highest BCUT2D eigenvalue weighted by molar-refractivity contribution is 6.02. The van der Waals surface area contributed by atoms with Gasteiger partial charge >= 0.3 is 0 Å².